The molecule has 3 heterocycles. The first-order valence-electron chi connectivity index (χ1n) is 13.2. The Morgan fingerprint density at radius 3 is 2.47 bits per heavy atom. The van der Waals surface area contributed by atoms with E-state index in [9.17, 15) is 14.0 Å². The van der Waals surface area contributed by atoms with Crippen LogP contribution in [0.1, 0.15) is 83.3 Å². The summed E-state index contributed by atoms with van der Waals surface area (Å²) in [5, 5.41) is 7.64. The van der Waals surface area contributed by atoms with Crippen LogP contribution >= 0.6 is 11.3 Å². The number of anilines is 1. The second-order valence-corrected chi connectivity index (χ2v) is 11.4. The van der Waals surface area contributed by atoms with Gasteiger partial charge in [-0.05, 0) is 64.7 Å². The van der Waals surface area contributed by atoms with Gasteiger partial charge in [-0.25, -0.2) is 9.37 Å². The first kappa shape index (κ1) is 31.1. The molecule has 0 spiro atoms. The van der Waals surface area contributed by atoms with Crippen molar-refractivity contribution in [3.05, 3.63) is 53.3 Å². The van der Waals surface area contributed by atoms with E-state index in [0.29, 0.717) is 22.3 Å². The zero-order chi connectivity index (χ0) is 28.3. The average Bonchev–Trinajstić information content (AvgIpc) is 3.53. The maximum absolute atomic E-state index is 12.8. The molecular weight excluding hydrogens is 501 g/mol. The van der Waals surface area contributed by atoms with Gasteiger partial charge in [-0.2, -0.15) is 0 Å². The standard InChI is InChI=1S/C20H23N5O2S.C9H19F/c1-13-6-5-7-15(22-13)16-12-28-19(23-16)24-17(26)10-21-18(27)14-8-9-25(11-14)20(2,3)4;1-4-6-9(10)7-8(3)5-2/h5-9,11-12H,10H2,1-4H3,(H,21,27)(H,23,24,26);8-9H,4-7H2,1-3H3. The zero-order valence-corrected chi connectivity index (χ0v) is 24.5. The van der Waals surface area contributed by atoms with E-state index in [2.05, 4.69) is 55.2 Å². The lowest BCUT2D eigenvalue weighted by atomic mass is 10.00. The summed E-state index contributed by atoms with van der Waals surface area (Å²) in [5.74, 6) is -0.0646. The summed E-state index contributed by atoms with van der Waals surface area (Å²) >= 11 is 1.32. The predicted molar refractivity (Wildman–Crippen MR) is 154 cm³/mol. The fourth-order valence-corrected chi connectivity index (χ4v) is 4.26. The third-order valence-corrected chi connectivity index (χ3v) is 6.76. The minimum absolute atomic E-state index is 0.107. The number of amides is 2. The van der Waals surface area contributed by atoms with Gasteiger partial charge in [-0.1, -0.05) is 39.7 Å². The highest BCUT2D eigenvalue weighted by Crippen LogP contribution is 2.23. The Morgan fingerprint density at radius 2 is 1.87 bits per heavy atom. The summed E-state index contributed by atoms with van der Waals surface area (Å²) in [6.07, 6.45) is 6.64. The lowest BCUT2D eigenvalue weighted by Crippen LogP contribution is -2.32. The number of alkyl halides is 1. The van der Waals surface area contributed by atoms with Crippen LogP contribution in [0.5, 0.6) is 0 Å². The number of nitrogens with zero attached hydrogens (tertiary/aromatic N) is 3. The van der Waals surface area contributed by atoms with Crippen LogP contribution < -0.4 is 10.6 Å². The minimum atomic E-state index is -0.556. The van der Waals surface area contributed by atoms with Gasteiger partial charge in [-0.15, -0.1) is 11.3 Å². The molecular formula is C29H42FN5O2S. The molecule has 2 amide bonds. The molecule has 3 aromatic heterocycles. The molecule has 208 valence electrons. The first-order valence-corrected chi connectivity index (χ1v) is 14.1. The summed E-state index contributed by atoms with van der Waals surface area (Å²) in [6, 6.07) is 7.44. The summed E-state index contributed by atoms with van der Waals surface area (Å²) in [5.41, 5.74) is 2.78. The number of aryl methyl sites for hydroxylation is 1. The van der Waals surface area contributed by atoms with Crippen molar-refractivity contribution in [2.75, 3.05) is 11.9 Å². The highest BCUT2D eigenvalue weighted by atomic mass is 32.1. The molecule has 2 unspecified atom stereocenters. The largest absolute Gasteiger partial charge is 0.348 e. The quantitative estimate of drug-likeness (QED) is 0.288. The molecule has 2 N–H and O–H groups in total. The van der Waals surface area contributed by atoms with Crippen LogP contribution in [0, 0.1) is 12.8 Å². The number of nitrogens with one attached hydrogen (secondary N) is 2. The summed E-state index contributed by atoms with van der Waals surface area (Å²) in [4.78, 5) is 33.2. The number of hydrogen-bond donors (Lipinski definition) is 2. The van der Waals surface area contributed by atoms with Gasteiger partial charge in [0.25, 0.3) is 5.91 Å². The van der Waals surface area contributed by atoms with Gasteiger partial charge < -0.3 is 15.2 Å². The molecule has 0 saturated heterocycles. The Morgan fingerprint density at radius 1 is 1.13 bits per heavy atom. The van der Waals surface area contributed by atoms with Crippen molar-refractivity contribution in [3.63, 3.8) is 0 Å². The maximum Gasteiger partial charge on any atom is 0.253 e. The Bertz CT molecular complexity index is 1170. The van der Waals surface area contributed by atoms with Gasteiger partial charge in [0.2, 0.25) is 5.91 Å². The van der Waals surface area contributed by atoms with Gasteiger partial charge >= 0.3 is 0 Å². The lowest BCUT2D eigenvalue weighted by Gasteiger charge is -2.20. The van der Waals surface area contributed by atoms with E-state index in [4.69, 9.17) is 0 Å². The predicted octanol–water partition coefficient (Wildman–Crippen LogP) is 7.00. The Labute approximate surface area is 230 Å². The fourth-order valence-electron chi connectivity index (χ4n) is 3.54. The maximum atomic E-state index is 12.8. The van der Waals surface area contributed by atoms with Crippen molar-refractivity contribution in [2.24, 2.45) is 5.92 Å². The van der Waals surface area contributed by atoms with E-state index in [1.54, 1.807) is 12.3 Å². The molecule has 0 bridgehead atoms. The van der Waals surface area contributed by atoms with Crippen LogP contribution in [0.4, 0.5) is 9.52 Å². The van der Waals surface area contributed by atoms with E-state index in [-0.39, 0.29) is 23.9 Å². The van der Waals surface area contributed by atoms with Crippen molar-refractivity contribution in [3.8, 4) is 11.4 Å². The number of halogens is 1. The van der Waals surface area contributed by atoms with Crippen molar-refractivity contribution >= 4 is 28.3 Å². The molecule has 0 aliphatic carbocycles. The zero-order valence-electron chi connectivity index (χ0n) is 23.7. The topological polar surface area (TPSA) is 88.9 Å². The Hall–Kier alpha value is -3.07. The third-order valence-electron chi connectivity index (χ3n) is 6.00. The molecule has 9 heteroatoms. The number of rotatable bonds is 10. The van der Waals surface area contributed by atoms with E-state index >= 15 is 0 Å². The number of hydrogen-bond acceptors (Lipinski definition) is 5. The van der Waals surface area contributed by atoms with E-state index in [0.717, 1.165) is 37.1 Å². The summed E-state index contributed by atoms with van der Waals surface area (Å²) in [6.45, 7) is 14.2. The second-order valence-electron chi connectivity index (χ2n) is 10.5. The lowest BCUT2D eigenvalue weighted by molar-refractivity contribution is -0.115. The molecule has 3 rings (SSSR count). The van der Waals surface area contributed by atoms with Gasteiger partial charge in [0.15, 0.2) is 5.13 Å². The van der Waals surface area contributed by atoms with Crippen molar-refractivity contribution in [1.82, 2.24) is 19.9 Å². The third kappa shape index (κ3) is 10.4. The number of carbonyl (C=O) groups excluding carboxylic acids is 2. The molecule has 0 fully saturated rings. The van der Waals surface area contributed by atoms with Gasteiger partial charge in [-0.3, -0.25) is 14.6 Å². The number of thiazole rings is 1. The number of aromatic nitrogens is 3. The van der Waals surface area contributed by atoms with Crippen molar-refractivity contribution < 1.29 is 14.0 Å². The molecule has 0 aliphatic rings. The van der Waals surface area contributed by atoms with Crippen LogP contribution in [0.15, 0.2) is 42.0 Å². The van der Waals surface area contributed by atoms with Gasteiger partial charge in [0, 0.05) is 29.0 Å². The van der Waals surface area contributed by atoms with Crippen molar-refractivity contribution in [2.45, 2.75) is 85.9 Å². The Kier molecular flexibility index (Phi) is 12.1. The van der Waals surface area contributed by atoms with E-state index < -0.39 is 6.17 Å². The van der Waals surface area contributed by atoms with Crippen LogP contribution in [0.25, 0.3) is 11.4 Å². The molecule has 2 atom stereocenters. The highest BCUT2D eigenvalue weighted by molar-refractivity contribution is 7.14. The first-order chi connectivity index (χ1) is 17.9. The van der Waals surface area contributed by atoms with E-state index in [1.165, 1.54) is 11.3 Å². The SMILES string of the molecule is CCCC(F)CC(C)CC.Cc1cccc(-c2csc(NC(=O)CNC(=O)c3ccn(C(C)(C)C)c3)n2)n1. The van der Waals surface area contributed by atoms with Crippen LogP contribution in [0.3, 0.4) is 0 Å². The normalized spacial score (nSPS) is 12.7. The molecule has 7 nitrogen and oxygen atoms in total. The molecule has 0 radical (unpaired) electrons. The second kappa shape index (κ2) is 14.8. The average molecular weight is 544 g/mol. The minimum Gasteiger partial charge on any atom is -0.348 e. The smallest absolute Gasteiger partial charge is 0.253 e. The van der Waals surface area contributed by atoms with Crippen LogP contribution in [0.2, 0.25) is 0 Å². The van der Waals surface area contributed by atoms with Crippen LogP contribution in [-0.4, -0.2) is 39.1 Å². The van der Waals surface area contributed by atoms with Crippen LogP contribution in [-0.2, 0) is 10.3 Å². The number of pyridine rings is 1. The van der Waals surface area contributed by atoms with E-state index in [1.807, 2.05) is 48.2 Å². The molecule has 0 aliphatic heterocycles. The summed E-state index contributed by atoms with van der Waals surface area (Å²) in [7, 11) is 0. The molecule has 0 aromatic carbocycles. The van der Waals surface area contributed by atoms with Crippen molar-refractivity contribution in [1.29, 1.82) is 0 Å². The number of carbonyl (C=O) groups is 2. The Balaban J connectivity index is 0.000000432. The highest BCUT2D eigenvalue weighted by Gasteiger charge is 2.16. The molecule has 38 heavy (non-hydrogen) atoms. The fraction of sp³-hybridized carbons (Fsp3) is 0.517. The molecule has 3 aromatic rings. The summed E-state index contributed by atoms with van der Waals surface area (Å²) < 4.78 is 14.8. The van der Waals surface area contributed by atoms with Gasteiger partial charge in [0.05, 0.1) is 17.8 Å². The monoisotopic (exact) mass is 543 g/mol. The molecule has 0 saturated carbocycles. The van der Waals surface area contributed by atoms with Gasteiger partial charge in [0.1, 0.15) is 11.9 Å².